The van der Waals surface area contributed by atoms with Crippen LogP contribution in [0.2, 0.25) is 0 Å². The molecule has 0 unspecified atom stereocenters. The molecule has 0 aliphatic heterocycles. The quantitative estimate of drug-likeness (QED) is 0.764. The summed E-state index contributed by atoms with van der Waals surface area (Å²) in [6, 6.07) is 0. The second-order valence-electron chi connectivity index (χ2n) is 6.48. The number of rotatable bonds is 6. The standard InChI is InChI=1S/C16H24N2OS/c1-3-16(7-4-8-16)9-18-15-12(11-5-6-11)13(17)14(20-15)10(2)19/h11,18H,3-9,17H2,1-2H3. The molecule has 1 heterocycles. The topological polar surface area (TPSA) is 55.1 Å². The number of thiophene rings is 1. The number of hydrogen-bond acceptors (Lipinski definition) is 4. The van der Waals surface area contributed by atoms with Crippen LogP contribution in [0, 0.1) is 5.41 Å². The van der Waals surface area contributed by atoms with Crippen LogP contribution in [0.4, 0.5) is 10.7 Å². The Labute approximate surface area is 124 Å². The number of nitrogens with one attached hydrogen (secondary N) is 1. The van der Waals surface area contributed by atoms with Crippen LogP contribution in [0.15, 0.2) is 0 Å². The van der Waals surface area contributed by atoms with E-state index in [-0.39, 0.29) is 5.78 Å². The highest BCUT2D eigenvalue weighted by Gasteiger charge is 2.36. The Hall–Kier alpha value is -1.03. The Morgan fingerprint density at radius 3 is 2.60 bits per heavy atom. The van der Waals surface area contributed by atoms with Crippen molar-refractivity contribution in [2.24, 2.45) is 5.41 Å². The molecular formula is C16H24N2OS. The zero-order valence-corrected chi connectivity index (χ0v) is 13.2. The van der Waals surface area contributed by atoms with E-state index >= 15 is 0 Å². The summed E-state index contributed by atoms with van der Waals surface area (Å²) >= 11 is 1.56. The number of hydrogen-bond donors (Lipinski definition) is 2. The van der Waals surface area contributed by atoms with Gasteiger partial charge in [-0.2, -0.15) is 0 Å². The molecule has 4 heteroatoms. The van der Waals surface area contributed by atoms with Crippen molar-refractivity contribution in [1.82, 2.24) is 0 Å². The molecule has 0 saturated heterocycles. The van der Waals surface area contributed by atoms with E-state index in [1.165, 1.54) is 44.1 Å². The SMILES string of the molecule is CCC1(CNc2sc(C(C)=O)c(N)c2C2CC2)CCC1. The molecule has 0 spiro atoms. The molecule has 0 atom stereocenters. The minimum absolute atomic E-state index is 0.0938. The molecule has 20 heavy (non-hydrogen) atoms. The molecule has 110 valence electrons. The van der Waals surface area contributed by atoms with Gasteiger partial charge in [0.2, 0.25) is 0 Å². The van der Waals surface area contributed by atoms with E-state index in [0.29, 0.717) is 11.3 Å². The van der Waals surface area contributed by atoms with Crippen molar-refractivity contribution in [1.29, 1.82) is 0 Å². The zero-order chi connectivity index (χ0) is 14.3. The Morgan fingerprint density at radius 1 is 1.45 bits per heavy atom. The summed E-state index contributed by atoms with van der Waals surface area (Å²) in [6.07, 6.45) is 7.68. The first kappa shape index (κ1) is 13.9. The van der Waals surface area contributed by atoms with Crippen molar-refractivity contribution < 1.29 is 4.79 Å². The maximum Gasteiger partial charge on any atom is 0.171 e. The Balaban J connectivity index is 1.81. The van der Waals surface area contributed by atoms with Gasteiger partial charge in [0.25, 0.3) is 0 Å². The van der Waals surface area contributed by atoms with Gasteiger partial charge in [0.15, 0.2) is 5.78 Å². The fraction of sp³-hybridized carbons (Fsp3) is 0.688. The number of nitrogens with two attached hydrogens (primary N) is 1. The van der Waals surface area contributed by atoms with E-state index in [9.17, 15) is 4.79 Å². The minimum Gasteiger partial charge on any atom is -0.397 e. The van der Waals surface area contributed by atoms with Gasteiger partial charge >= 0.3 is 0 Å². The first-order valence-electron chi connectivity index (χ1n) is 7.73. The van der Waals surface area contributed by atoms with Crippen LogP contribution in [0.25, 0.3) is 0 Å². The molecule has 3 nitrogen and oxygen atoms in total. The van der Waals surface area contributed by atoms with Gasteiger partial charge in [-0.1, -0.05) is 13.3 Å². The van der Waals surface area contributed by atoms with Gasteiger partial charge in [-0.3, -0.25) is 4.79 Å². The predicted molar refractivity (Wildman–Crippen MR) is 85.8 cm³/mol. The van der Waals surface area contributed by atoms with Crippen molar-refractivity contribution in [3.8, 4) is 0 Å². The highest BCUT2D eigenvalue weighted by molar-refractivity contribution is 7.18. The summed E-state index contributed by atoms with van der Waals surface area (Å²) in [5, 5.41) is 4.79. The zero-order valence-electron chi connectivity index (χ0n) is 12.4. The summed E-state index contributed by atoms with van der Waals surface area (Å²) in [6.45, 7) is 4.93. The monoisotopic (exact) mass is 292 g/mol. The van der Waals surface area contributed by atoms with Crippen LogP contribution >= 0.6 is 11.3 Å². The first-order valence-corrected chi connectivity index (χ1v) is 8.55. The summed E-state index contributed by atoms with van der Waals surface area (Å²) in [5.41, 5.74) is 8.67. The number of Topliss-reactive ketones (excluding diaryl/α,β-unsaturated/α-hetero) is 1. The number of anilines is 2. The molecule has 2 aliphatic carbocycles. The lowest BCUT2D eigenvalue weighted by Crippen LogP contribution is -2.35. The summed E-state index contributed by atoms with van der Waals surface area (Å²) in [7, 11) is 0. The fourth-order valence-corrected chi connectivity index (χ4v) is 4.33. The highest BCUT2D eigenvalue weighted by atomic mass is 32.1. The molecule has 3 rings (SSSR count). The molecule has 2 aliphatic rings. The summed E-state index contributed by atoms with van der Waals surface area (Å²) < 4.78 is 0. The van der Waals surface area contributed by atoms with E-state index in [4.69, 9.17) is 5.73 Å². The van der Waals surface area contributed by atoms with E-state index < -0.39 is 0 Å². The Morgan fingerprint density at radius 2 is 2.15 bits per heavy atom. The molecule has 0 bridgehead atoms. The lowest BCUT2D eigenvalue weighted by Gasteiger charge is -2.41. The third-order valence-corrected chi connectivity index (χ3v) is 6.36. The predicted octanol–water partition coefficient (Wildman–Crippen LogP) is 4.40. The number of carbonyl (C=O) groups is 1. The van der Waals surface area contributed by atoms with Crippen molar-refractivity contribution in [2.75, 3.05) is 17.6 Å². The van der Waals surface area contributed by atoms with E-state index in [1.54, 1.807) is 18.3 Å². The summed E-state index contributed by atoms with van der Waals surface area (Å²) in [4.78, 5) is 12.4. The van der Waals surface area contributed by atoms with Crippen LogP contribution in [-0.4, -0.2) is 12.3 Å². The molecular weight excluding hydrogens is 268 g/mol. The van der Waals surface area contributed by atoms with Crippen molar-refractivity contribution in [3.05, 3.63) is 10.4 Å². The maximum absolute atomic E-state index is 11.7. The van der Waals surface area contributed by atoms with Gasteiger partial charge in [-0.15, -0.1) is 11.3 Å². The van der Waals surface area contributed by atoms with Gasteiger partial charge < -0.3 is 11.1 Å². The van der Waals surface area contributed by atoms with E-state index in [1.807, 2.05) is 0 Å². The van der Waals surface area contributed by atoms with E-state index in [0.717, 1.165) is 22.1 Å². The smallest absolute Gasteiger partial charge is 0.171 e. The van der Waals surface area contributed by atoms with Crippen LogP contribution in [0.3, 0.4) is 0 Å². The molecule has 2 saturated carbocycles. The minimum atomic E-state index is 0.0938. The van der Waals surface area contributed by atoms with Gasteiger partial charge in [0.1, 0.15) is 0 Å². The fourth-order valence-electron chi connectivity index (χ4n) is 3.23. The number of ketones is 1. The molecule has 3 N–H and O–H groups in total. The molecule has 1 aromatic rings. The maximum atomic E-state index is 11.7. The van der Waals surface area contributed by atoms with Crippen LogP contribution in [0.5, 0.6) is 0 Å². The first-order chi connectivity index (χ1) is 9.56. The average molecular weight is 292 g/mol. The molecule has 1 aromatic heterocycles. The van der Waals surface area contributed by atoms with Crippen LogP contribution in [0.1, 0.15) is 73.5 Å². The van der Waals surface area contributed by atoms with Crippen molar-refractivity contribution in [2.45, 2.75) is 58.3 Å². The second kappa shape index (κ2) is 5.06. The van der Waals surface area contributed by atoms with Crippen molar-refractivity contribution >= 4 is 27.8 Å². The lowest BCUT2D eigenvalue weighted by molar-refractivity contribution is 0.102. The number of nitrogen functional groups attached to an aromatic ring is 1. The van der Waals surface area contributed by atoms with Gasteiger partial charge in [0, 0.05) is 19.0 Å². The van der Waals surface area contributed by atoms with Crippen molar-refractivity contribution in [3.63, 3.8) is 0 Å². The van der Waals surface area contributed by atoms with Gasteiger partial charge in [-0.05, 0) is 43.4 Å². The largest absolute Gasteiger partial charge is 0.397 e. The molecule has 0 aromatic carbocycles. The normalized spacial score (nSPS) is 20.5. The van der Waals surface area contributed by atoms with Gasteiger partial charge in [-0.25, -0.2) is 0 Å². The summed E-state index contributed by atoms with van der Waals surface area (Å²) in [5.74, 6) is 0.678. The van der Waals surface area contributed by atoms with Crippen LogP contribution < -0.4 is 11.1 Å². The van der Waals surface area contributed by atoms with Crippen LogP contribution in [-0.2, 0) is 0 Å². The molecule has 0 radical (unpaired) electrons. The Kier molecular flexibility index (Phi) is 3.53. The average Bonchev–Trinajstić information content (AvgIpc) is 3.13. The molecule has 0 amide bonds. The third kappa shape index (κ3) is 2.34. The number of carbonyl (C=O) groups excluding carboxylic acids is 1. The second-order valence-corrected chi connectivity index (χ2v) is 7.50. The Bertz CT molecular complexity index is 521. The lowest BCUT2D eigenvalue weighted by atomic mass is 9.67. The highest BCUT2D eigenvalue weighted by Crippen LogP contribution is 2.52. The van der Waals surface area contributed by atoms with Gasteiger partial charge in [0.05, 0.1) is 15.6 Å². The third-order valence-electron chi connectivity index (χ3n) is 5.08. The van der Waals surface area contributed by atoms with E-state index in [2.05, 4.69) is 12.2 Å². The molecule has 2 fully saturated rings.